The summed E-state index contributed by atoms with van der Waals surface area (Å²) in [5, 5.41) is 5.41. The van der Waals surface area contributed by atoms with Crippen molar-refractivity contribution in [1.82, 2.24) is 5.32 Å². The Balaban J connectivity index is 2.43. The maximum atomic E-state index is 11.1. The van der Waals surface area contributed by atoms with E-state index in [1.165, 1.54) is 16.3 Å². The minimum atomic E-state index is -0.0769. The van der Waals surface area contributed by atoms with Crippen LogP contribution in [0.25, 0.3) is 10.8 Å². The molecular weight excluding hydrogens is 222 g/mol. The van der Waals surface area contributed by atoms with E-state index in [-0.39, 0.29) is 11.3 Å². The summed E-state index contributed by atoms with van der Waals surface area (Å²) < 4.78 is 0. The number of amides is 1. The Kier molecular flexibility index (Phi) is 3.37. The van der Waals surface area contributed by atoms with E-state index in [0.29, 0.717) is 6.54 Å². The van der Waals surface area contributed by atoms with E-state index < -0.39 is 0 Å². The maximum absolute atomic E-state index is 11.1. The Bertz CT molecular complexity index is 567. The molecule has 0 bridgehead atoms. The van der Waals surface area contributed by atoms with Gasteiger partial charge in [0, 0.05) is 18.9 Å². The Morgan fingerprint density at radius 2 is 1.78 bits per heavy atom. The topological polar surface area (TPSA) is 29.1 Å². The predicted molar refractivity (Wildman–Crippen MR) is 75.7 cm³/mol. The first-order valence-corrected chi connectivity index (χ1v) is 6.23. The highest BCUT2D eigenvalue weighted by Gasteiger charge is 2.22. The summed E-state index contributed by atoms with van der Waals surface area (Å²) in [7, 11) is 0. The molecule has 0 aromatic heterocycles. The summed E-state index contributed by atoms with van der Waals surface area (Å²) >= 11 is 0. The molecule has 0 fully saturated rings. The molecule has 2 heteroatoms. The summed E-state index contributed by atoms with van der Waals surface area (Å²) in [5.74, 6) is 0.0170. The van der Waals surface area contributed by atoms with Crippen LogP contribution in [0.1, 0.15) is 26.3 Å². The van der Waals surface area contributed by atoms with Crippen LogP contribution in [-0.2, 0) is 10.2 Å². The van der Waals surface area contributed by atoms with E-state index in [2.05, 4.69) is 55.6 Å². The monoisotopic (exact) mass is 241 g/mol. The van der Waals surface area contributed by atoms with Crippen LogP contribution in [0.3, 0.4) is 0 Å². The highest BCUT2D eigenvalue weighted by Crippen LogP contribution is 2.29. The number of hydrogen-bond donors (Lipinski definition) is 1. The van der Waals surface area contributed by atoms with E-state index in [9.17, 15) is 4.79 Å². The van der Waals surface area contributed by atoms with Gasteiger partial charge in [0.15, 0.2) is 0 Å². The van der Waals surface area contributed by atoms with Crippen LogP contribution >= 0.6 is 0 Å². The molecule has 2 rings (SSSR count). The number of fused-ring (bicyclic) bond motifs is 1. The second-order valence-electron chi connectivity index (χ2n) is 5.32. The highest BCUT2D eigenvalue weighted by atomic mass is 16.1. The van der Waals surface area contributed by atoms with Crippen molar-refractivity contribution in [2.45, 2.75) is 26.2 Å². The lowest BCUT2D eigenvalue weighted by atomic mass is 9.81. The van der Waals surface area contributed by atoms with Crippen LogP contribution in [0.2, 0.25) is 0 Å². The molecule has 2 aromatic rings. The van der Waals surface area contributed by atoms with E-state index >= 15 is 0 Å². The smallest absolute Gasteiger partial charge is 0.216 e. The van der Waals surface area contributed by atoms with Crippen molar-refractivity contribution in [3.05, 3.63) is 48.0 Å². The standard InChI is InChI=1S/C16H19NO/c1-12(18)17-11-16(2,3)15-10-6-8-13-7-4-5-9-14(13)15/h4-10H,11H2,1-3H3,(H,17,18). The van der Waals surface area contributed by atoms with E-state index in [0.717, 1.165) is 0 Å². The van der Waals surface area contributed by atoms with Gasteiger partial charge < -0.3 is 5.32 Å². The summed E-state index contributed by atoms with van der Waals surface area (Å²) in [5.41, 5.74) is 1.20. The van der Waals surface area contributed by atoms with Gasteiger partial charge >= 0.3 is 0 Å². The Morgan fingerprint density at radius 1 is 1.11 bits per heavy atom. The number of carbonyl (C=O) groups is 1. The van der Waals surface area contributed by atoms with Crippen molar-refractivity contribution in [3.63, 3.8) is 0 Å². The molecule has 0 radical (unpaired) electrons. The predicted octanol–water partition coefficient (Wildman–Crippen LogP) is 3.25. The van der Waals surface area contributed by atoms with Gasteiger partial charge in [-0.05, 0) is 16.3 Å². The third kappa shape index (κ3) is 2.53. The van der Waals surface area contributed by atoms with Crippen LogP contribution in [-0.4, -0.2) is 12.5 Å². The van der Waals surface area contributed by atoms with E-state index in [1.54, 1.807) is 6.92 Å². The van der Waals surface area contributed by atoms with Crippen LogP contribution in [0.5, 0.6) is 0 Å². The fraction of sp³-hybridized carbons (Fsp3) is 0.312. The fourth-order valence-corrected chi connectivity index (χ4v) is 2.26. The molecule has 0 unspecified atom stereocenters. The van der Waals surface area contributed by atoms with Gasteiger partial charge in [-0.15, -0.1) is 0 Å². The highest BCUT2D eigenvalue weighted by molar-refractivity contribution is 5.86. The quantitative estimate of drug-likeness (QED) is 0.878. The second-order valence-corrected chi connectivity index (χ2v) is 5.32. The SMILES string of the molecule is CC(=O)NCC(C)(C)c1cccc2ccccc12. The largest absolute Gasteiger partial charge is 0.355 e. The zero-order chi connectivity index (χ0) is 13.2. The molecule has 0 atom stereocenters. The Morgan fingerprint density at radius 3 is 2.50 bits per heavy atom. The van der Waals surface area contributed by atoms with Gasteiger partial charge in [0.05, 0.1) is 0 Å². The fourth-order valence-electron chi connectivity index (χ4n) is 2.26. The second kappa shape index (κ2) is 4.81. The maximum Gasteiger partial charge on any atom is 0.216 e. The van der Waals surface area contributed by atoms with Crippen LogP contribution in [0, 0.1) is 0 Å². The molecule has 1 N–H and O–H groups in total. The van der Waals surface area contributed by atoms with Crippen molar-refractivity contribution in [2.75, 3.05) is 6.54 Å². The average Bonchev–Trinajstić information content (AvgIpc) is 2.36. The normalized spacial score (nSPS) is 11.5. The molecule has 0 saturated carbocycles. The van der Waals surface area contributed by atoms with Crippen molar-refractivity contribution in [3.8, 4) is 0 Å². The molecule has 0 aliphatic carbocycles. The van der Waals surface area contributed by atoms with Crippen LogP contribution < -0.4 is 5.32 Å². The zero-order valence-electron chi connectivity index (χ0n) is 11.2. The molecule has 0 spiro atoms. The zero-order valence-corrected chi connectivity index (χ0v) is 11.2. The lowest BCUT2D eigenvalue weighted by molar-refractivity contribution is -0.119. The van der Waals surface area contributed by atoms with E-state index in [1.807, 2.05) is 6.07 Å². The molecule has 1 amide bonds. The molecule has 0 saturated heterocycles. The van der Waals surface area contributed by atoms with Crippen LogP contribution in [0.4, 0.5) is 0 Å². The number of hydrogen-bond acceptors (Lipinski definition) is 1. The lowest BCUT2D eigenvalue weighted by Gasteiger charge is -2.27. The minimum absolute atomic E-state index is 0.0170. The van der Waals surface area contributed by atoms with Crippen molar-refractivity contribution >= 4 is 16.7 Å². The van der Waals surface area contributed by atoms with Gasteiger partial charge in [0.2, 0.25) is 5.91 Å². The average molecular weight is 241 g/mol. The molecule has 0 aliphatic rings. The molecule has 94 valence electrons. The number of rotatable bonds is 3. The molecule has 0 heterocycles. The van der Waals surface area contributed by atoms with Gasteiger partial charge in [-0.1, -0.05) is 56.3 Å². The van der Waals surface area contributed by atoms with E-state index in [4.69, 9.17) is 0 Å². The van der Waals surface area contributed by atoms with Gasteiger partial charge in [-0.2, -0.15) is 0 Å². The number of benzene rings is 2. The Labute approximate surface area is 108 Å². The molecule has 2 aromatic carbocycles. The molecule has 2 nitrogen and oxygen atoms in total. The van der Waals surface area contributed by atoms with Gasteiger partial charge in [-0.25, -0.2) is 0 Å². The van der Waals surface area contributed by atoms with Crippen LogP contribution in [0.15, 0.2) is 42.5 Å². The number of nitrogens with one attached hydrogen (secondary N) is 1. The third-order valence-electron chi connectivity index (χ3n) is 3.30. The summed E-state index contributed by atoms with van der Waals surface area (Å²) in [6.07, 6.45) is 0. The first-order chi connectivity index (χ1) is 8.50. The van der Waals surface area contributed by atoms with Gasteiger partial charge in [0.1, 0.15) is 0 Å². The van der Waals surface area contributed by atoms with Crippen molar-refractivity contribution in [2.24, 2.45) is 0 Å². The third-order valence-corrected chi connectivity index (χ3v) is 3.30. The van der Waals surface area contributed by atoms with Crippen molar-refractivity contribution in [1.29, 1.82) is 0 Å². The summed E-state index contributed by atoms with van der Waals surface area (Å²) in [6.45, 7) is 6.52. The number of carbonyl (C=O) groups excluding carboxylic acids is 1. The first-order valence-electron chi connectivity index (χ1n) is 6.23. The minimum Gasteiger partial charge on any atom is -0.355 e. The summed E-state index contributed by atoms with van der Waals surface area (Å²) in [6, 6.07) is 14.7. The molecule has 18 heavy (non-hydrogen) atoms. The summed E-state index contributed by atoms with van der Waals surface area (Å²) in [4.78, 5) is 11.1. The lowest BCUT2D eigenvalue weighted by Crippen LogP contribution is -2.35. The van der Waals surface area contributed by atoms with Gasteiger partial charge in [-0.3, -0.25) is 4.79 Å². The Hall–Kier alpha value is -1.83. The molecule has 0 aliphatic heterocycles. The molecular formula is C16H19NO. The van der Waals surface area contributed by atoms with Gasteiger partial charge in [0.25, 0.3) is 0 Å². The first kappa shape index (κ1) is 12.6. The van der Waals surface area contributed by atoms with Crippen molar-refractivity contribution < 1.29 is 4.79 Å².